The van der Waals surface area contributed by atoms with Crippen molar-refractivity contribution in [2.45, 2.75) is 0 Å². The molecular weight excluding hydrogens is 314 g/mol. The second kappa shape index (κ2) is 5.35. The van der Waals surface area contributed by atoms with Crippen LogP contribution in [0.5, 0.6) is 0 Å². The van der Waals surface area contributed by atoms with E-state index in [-0.39, 0.29) is 22.0 Å². The van der Waals surface area contributed by atoms with Gasteiger partial charge in [-0.1, -0.05) is 6.07 Å². The first kappa shape index (κ1) is 15.0. The van der Waals surface area contributed by atoms with E-state index in [0.29, 0.717) is 12.1 Å². The lowest BCUT2D eigenvalue weighted by molar-refractivity contribution is 0.0697. The number of hydrogen-bond acceptors (Lipinski definition) is 2. The van der Waals surface area contributed by atoms with Crippen molar-refractivity contribution < 1.29 is 27.5 Å². The molecule has 3 aromatic rings. The van der Waals surface area contributed by atoms with Gasteiger partial charge >= 0.3 is 5.97 Å². The van der Waals surface area contributed by atoms with Crippen LogP contribution in [0.25, 0.3) is 22.0 Å². The van der Waals surface area contributed by atoms with Crippen molar-refractivity contribution >= 4 is 16.7 Å². The summed E-state index contributed by atoms with van der Waals surface area (Å²) in [5, 5.41) is 8.87. The Bertz CT molecular complexity index is 933. The molecule has 0 unspecified atom stereocenters. The first-order valence-corrected chi connectivity index (χ1v) is 6.35. The summed E-state index contributed by atoms with van der Waals surface area (Å²) in [5.74, 6) is -5.61. The molecule has 1 heterocycles. The predicted octanol–water partition coefficient (Wildman–Crippen LogP) is 4.16. The molecule has 2 aromatic carbocycles. The van der Waals surface area contributed by atoms with E-state index in [2.05, 4.69) is 4.98 Å². The third kappa shape index (κ3) is 2.50. The largest absolute Gasteiger partial charge is 0.478 e. The Hall–Kier alpha value is -2.96. The number of carboxylic acid groups (broad SMARTS) is 1. The highest BCUT2D eigenvalue weighted by Crippen LogP contribution is 2.32. The Kier molecular flexibility index (Phi) is 3.48. The van der Waals surface area contributed by atoms with Crippen LogP contribution in [0.3, 0.4) is 0 Å². The molecule has 0 aliphatic heterocycles. The molecule has 0 radical (unpaired) electrons. The van der Waals surface area contributed by atoms with Gasteiger partial charge in [0.25, 0.3) is 0 Å². The van der Waals surface area contributed by atoms with E-state index >= 15 is 0 Å². The second-order valence-corrected chi connectivity index (χ2v) is 4.76. The molecule has 3 rings (SSSR count). The Labute approximate surface area is 126 Å². The van der Waals surface area contributed by atoms with Gasteiger partial charge in [0, 0.05) is 22.9 Å². The Morgan fingerprint density at radius 3 is 2.17 bits per heavy atom. The molecule has 0 amide bonds. The summed E-state index contributed by atoms with van der Waals surface area (Å²) in [6.07, 6.45) is 0.764. The van der Waals surface area contributed by atoms with Gasteiger partial charge in [-0.05, 0) is 12.1 Å². The van der Waals surface area contributed by atoms with E-state index in [9.17, 15) is 22.4 Å². The zero-order valence-electron chi connectivity index (χ0n) is 11.3. The number of aromatic nitrogens is 1. The molecule has 0 bridgehead atoms. The van der Waals surface area contributed by atoms with Crippen molar-refractivity contribution in [2.75, 3.05) is 0 Å². The molecule has 0 aliphatic carbocycles. The van der Waals surface area contributed by atoms with E-state index in [1.807, 2.05) is 0 Å². The van der Waals surface area contributed by atoms with Crippen LogP contribution in [0.1, 0.15) is 10.4 Å². The molecule has 0 aliphatic rings. The number of benzene rings is 2. The smallest absolute Gasteiger partial charge is 0.335 e. The first-order valence-electron chi connectivity index (χ1n) is 6.35. The molecule has 3 nitrogen and oxygen atoms in total. The molecule has 116 valence electrons. The van der Waals surface area contributed by atoms with Crippen molar-refractivity contribution in [3.05, 3.63) is 65.4 Å². The van der Waals surface area contributed by atoms with Crippen molar-refractivity contribution in [1.82, 2.24) is 4.98 Å². The van der Waals surface area contributed by atoms with Gasteiger partial charge in [-0.2, -0.15) is 0 Å². The summed E-state index contributed by atoms with van der Waals surface area (Å²) in [7, 11) is 0. The third-order valence-electron chi connectivity index (χ3n) is 3.33. The lowest BCUT2D eigenvalue weighted by Gasteiger charge is -2.10. The summed E-state index contributed by atoms with van der Waals surface area (Å²) in [5.41, 5.74) is -1.16. The average Bonchev–Trinajstić information content (AvgIpc) is 2.48. The highest BCUT2D eigenvalue weighted by atomic mass is 19.1. The van der Waals surface area contributed by atoms with E-state index in [1.54, 1.807) is 0 Å². The van der Waals surface area contributed by atoms with Crippen molar-refractivity contribution in [2.24, 2.45) is 0 Å². The van der Waals surface area contributed by atoms with Gasteiger partial charge in [0.2, 0.25) is 0 Å². The number of rotatable bonds is 2. The fourth-order valence-electron chi connectivity index (χ4n) is 2.31. The number of halogens is 4. The van der Waals surface area contributed by atoms with Gasteiger partial charge in [0.1, 0.15) is 23.3 Å². The van der Waals surface area contributed by atoms with Crippen LogP contribution in [0.4, 0.5) is 17.6 Å². The van der Waals surface area contributed by atoms with E-state index < -0.39 is 34.8 Å². The Morgan fingerprint density at radius 1 is 0.913 bits per heavy atom. The maximum Gasteiger partial charge on any atom is 0.335 e. The van der Waals surface area contributed by atoms with E-state index in [4.69, 9.17) is 5.11 Å². The number of pyridine rings is 1. The van der Waals surface area contributed by atoms with Crippen LogP contribution in [-0.4, -0.2) is 16.1 Å². The SMILES string of the molecule is O=C(O)c1ccc2c(F)cnc(-c3c(F)cc(F)cc3F)c2c1. The molecule has 0 fully saturated rings. The van der Waals surface area contributed by atoms with Gasteiger partial charge in [0.05, 0.1) is 23.0 Å². The molecule has 0 atom stereocenters. The number of aromatic carboxylic acids is 1. The third-order valence-corrected chi connectivity index (χ3v) is 3.33. The lowest BCUT2D eigenvalue weighted by Crippen LogP contribution is -2.00. The van der Waals surface area contributed by atoms with Crippen molar-refractivity contribution in [1.29, 1.82) is 0 Å². The van der Waals surface area contributed by atoms with Crippen LogP contribution in [0.15, 0.2) is 36.5 Å². The summed E-state index contributed by atoms with van der Waals surface area (Å²) < 4.78 is 54.8. The minimum Gasteiger partial charge on any atom is -0.478 e. The Morgan fingerprint density at radius 2 is 1.57 bits per heavy atom. The normalized spacial score (nSPS) is 11.0. The number of fused-ring (bicyclic) bond motifs is 1. The zero-order valence-corrected chi connectivity index (χ0v) is 11.3. The number of nitrogens with zero attached hydrogens (tertiary/aromatic N) is 1. The van der Waals surface area contributed by atoms with Gasteiger partial charge in [0.15, 0.2) is 0 Å². The van der Waals surface area contributed by atoms with Gasteiger partial charge in [-0.3, -0.25) is 4.98 Å². The quantitative estimate of drug-likeness (QED) is 0.721. The van der Waals surface area contributed by atoms with Gasteiger partial charge < -0.3 is 5.11 Å². The number of carboxylic acids is 1. The molecule has 1 aromatic heterocycles. The molecule has 7 heteroatoms. The van der Waals surface area contributed by atoms with Gasteiger partial charge in [-0.15, -0.1) is 0 Å². The predicted molar refractivity (Wildman–Crippen MR) is 74.0 cm³/mol. The highest BCUT2D eigenvalue weighted by molar-refractivity contribution is 6.00. The second-order valence-electron chi connectivity index (χ2n) is 4.76. The maximum absolute atomic E-state index is 14.0. The molecule has 0 spiro atoms. The minimum atomic E-state index is -1.29. The molecule has 0 saturated heterocycles. The summed E-state index contributed by atoms with van der Waals surface area (Å²) in [6, 6.07) is 4.34. The Balaban J connectivity index is 2.40. The van der Waals surface area contributed by atoms with Crippen LogP contribution in [0.2, 0.25) is 0 Å². The summed E-state index contributed by atoms with van der Waals surface area (Å²) in [6.45, 7) is 0. The average molecular weight is 321 g/mol. The van der Waals surface area contributed by atoms with Crippen LogP contribution in [-0.2, 0) is 0 Å². The van der Waals surface area contributed by atoms with E-state index in [1.165, 1.54) is 6.07 Å². The first-order chi connectivity index (χ1) is 10.9. The fourth-order valence-corrected chi connectivity index (χ4v) is 2.31. The number of hydrogen-bond donors (Lipinski definition) is 1. The minimum absolute atomic E-state index is 0.0527. The zero-order chi connectivity index (χ0) is 16.7. The monoisotopic (exact) mass is 321 g/mol. The van der Waals surface area contributed by atoms with Gasteiger partial charge in [-0.25, -0.2) is 22.4 Å². The maximum atomic E-state index is 14.0. The molecular formula is C16H7F4NO2. The van der Waals surface area contributed by atoms with Crippen molar-refractivity contribution in [3.8, 4) is 11.3 Å². The molecule has 23 heavy (non-hydrogen) atoms. The summed E-state index contributed by atoms with van der Waals surface area (Å²) >= 11 is 0. The molecule has 0 saturated carbocycles. The van der Waals surface area contributed by atoms with Crippen LogP contribution in [0, 0.1) is 23.3 Å². The fraction of sp³-hybridized carbons (Fsp3) is 0. The standard InChI is InChI=1S/C16H7F4NO2/c17-8-4-11(18)14(12(19)5-8)15-10-3-7(16(22)23)1-2-9(10)13(20)6-21-15/h1-6H,(H,22,23). The van der Waals surface area contributed by atoms with Crippen molar-refractivity contribution in [3.63, 3.8) is 0 Å². The number of carbonyl (C=O) groups is 1. The van der Waals surface area contributed by atoms with Crippen LogP contribution >= 0.6 is 0 Å². The highest BCUT2D eigenvalue weighted by Gasteiger charge is 2.19. The molecule has 1 N–H and O–H groups in total. The summed E-state index contributed by atoms with van der Waals surface area (Å²) in [4.78, 5) is 14.7. The van der Waals surface area contributed by atoms with Crippen LogP contribution < -0.4 is 0 Å². The van der Waals surface area contributed by atoms with E-state index in [0.717, 1.165) is 18.3 Å². The topological polar surface area (TPSA) is 50.2 Å². The lowest BCUT2D eigenvalue weighted by atomic mass is 10.0.